The van der Waals surface area contributed by atoms with Crippen LogP contribution in [0, 0.1) is 0 Å². The van der Waals surface area contributed by atoms with Crippen molar-refractivity contribution < 1.29 is 4.79 Å². The molecule has 0 aliphatic rings. The fourth-order valence-electron chi connectivity index (χ4n) is 4.11. The van der Waals surface area contributed by atoms with Crippen LogP contribution in [0.1, 0.15) is 136 Å². The summed E-state index contributed by atoms with van der Waals surface area (Å²) in [5.41, 5.74) is 0. The number of carbonyl (C=O) groups is 1. The van der Waals surface area contributed by atoms with Gasteiger partial charge in [0.25, 0.3) is 6.03 Å². The Bertz CT molecular complexity index is 262. The van der Waals surface area contributed by atoms with E-state index in [1.807, 2.05) is 0 Å². The molecular weight excluding hydrogens is 347 g/mol. The average molecular weight is 400 g/mol. The molecule has 0 fully saturated rings. The average Bonchev–Trinajstić information content (AvgIpc) is 2.69. The molecule has 27 heavy (non-hydrogen) atoms. The largest absolute Gasteiger partial charge is 0.257 e. The lowest BCUT2D eigenvalue weighted by Gasteiger charge is -2.21. The zero-order chi connectivity index (χ0) is 20.1. The Hall–Kier alpha value is 0.100. The zero-order valence-electron chi connectivity index (χ0n) is 19.3. The minimum Gasteiger partial charge on any atom is -0.257 e. The Labute approximate surface area is 173 Å². The van der Waals surface area contributed by atoms with Crippen LogP contribution in [0.4, 0.5) is 0 Å². The summed E-state index contributed by atoms with van der Waals surface area (Å²) in [6.07, 6.45) is 28.1. The monoisotopic (exact) mass is 399 g/mol. The fraction of sp³-hybridized carbons (Fsp3) is 0.960. The van der Waals surface area contributed by atoms with Crippen LogP contribution < -0.4 is 0 Å². The highest BCUT2D eigenvalue weighted by molar-refractivity contribution is 7.88. The lowest BCUT2D eigenvalue weighted by atomic mass is 10.1. The molecule has 0 aromatic rings. The van der Waals surface area contributed by atoms with E-state index in [1.54, 1.807) is 0 Å². The van der Waals surface area contributed by atoms with E-state index in [9.17, 15) is 4.79 Å². The molecule has 162 valence electrons. The number of hydrogen-bond donors (Lipinski definition) is 0. The van der Waals surface area contributed by atoms with Crippen molar-refractivity contribution in [1.29, 1.82) is 0 Å². The van der Waals surface area contributed by atoms with Crippen molar-refractivity contribution >= 4 is 13.3 Å². The quantitative estimate of drug-likeness (QED) is 0.101. The van der Waals surface area contributed by atoms with Gasteiger partial charge in [-0.05, 0) is 38.5 Å². The fourth-order valence-corrected chi connectivity index (χ4v) is 7.66. The molecule has 0 N–H and O–H groups in total. The second-order valence-corrected chi connectivity index (χ2v) is 12.8. The van der Waals surface area contributed by atoms with Crippen molar-refractivity contribution in [3.8, 4) is 0 Å². The first-order valence-electron chi connectivity index (χ1n) is 12.6. The van der Waals surface area contributed by atoms with E-state index in [4.69, 9.17) is 0 Å². The molecule has 0 aromatic heterocycles. The van der Waals surface area contributed by atoms with Crippen molar-refractivity contribution in [2.45, 2.75) is 136 Å². The highest BCUT2D eigenvalue weighted by Crippen LogP contribution is 2.58. The third kappa shape index (κ3) is 16.7. The smallest absolute Gasteiger partial charge is 0.256 e. The van der Waals surface area contributed by atoms with Crippen molar-refractivity contribution in [2.24, 2.45) is 0 Å². The number of carbonyl (C=O) groups excluding carboxylic acids is 1. The molecule has 1 nitrogen and oxygen atoms in total. The molecule has 0 aliphatic carbocycles. The van der Waals surface area contributed by atoms with Crippen molar-refractivity contribution in [3.63, 3.8) is 0 Å². The van der Waals surface area contributed by atoms with E-state index >= 15 is 0 Å². The first kappa shape index (κ1) is 27.1. The third-order valence-corrected chi connectivity index (χ3v) is 10.2. The lowest BCUT2D eigenvalue weighted by molar-refractivity contribution is 0.566. The summed E-state index contributed by atoms with van der Waals surface area (Å²) in [5.74, 6) is 0. The van der Waals surface area contributed by atoms with Crippen molar-refractivity contribution in [2.75, 3.05) is 18.5 Å². The zero-order valence-corrected chi connectivity index (χ0v) is 20.2. The van der Waals surface area contributed by atoms with Gasteiger partial charge < -0.3 is 0 Å². The van der Waals surface area contributed by atoms with Gasteiger partial charge in [0.15, 0.2) is 0 Å². The summed E-state index contributed by atoms with van der Waals surface area (Å²) in [5, 5.41) is 0. The molecule has 0 amide bonds. The maximum Gasteiger partial charge on any atom is 0.256 e. The third-order valence-electron chi connectivity index (χ3n) is 6.09. The van der Waals surface area contributed by atoms with Gasteiger partial charge in [-0.3, -0.25) is 4.79 Å². The van der Waals surface area contributed by atoms with Crippen LogP contribution >= 0.6 is 7.26 Å². The molecule has 0 atom stereocenters. The Balaban J connectivity index is 4.25. The Morgan fingerprint density at radius 3 is 0.963 bits per heavy atom. The van der Waals surface area contributed by atoms with Crippen LogP contribution in [-0.2, 0) is 4.79 Å². The van der Waals surface area contributed by atoms with Gasteiger partial charge >= 0.3 is 0 Å². The van der Waals surface area contributed by atoms with Gasteiger partial charge in [-0.2, -0.15) is 0 Å². The molecule has 0 bridgehead atoms. The van der Waals surface area contributed by atoms with Crippen LogP contribution in [0.5, 0.6) is 0 Å². The second kappa shape index (κ2) is 20.8. The molecule has 0 saturated heterocycles. The molecular formula is C25H52OP+. The summed E-state index contributed by atoms with van der Waals surface area (Å²) in [6, 6.07) is 1.48. The second-order valence-electron chi connectivity index (χ2n) is 8.80. The molecule has 2 heteroatoms. The molecule has 0 saturated carbocycles. The van der Waals surface area contributed by atoms with E-state index in [2.05, 4.69) is 20.8 Å². The predicted octanol–water partition coefficient (Wildman–Crippen LogP) is 9.28. The summed E-state index contributed by atoms with van der Waals surface area (Å²) in [7, 11) is -1.32. The van der Waals surface area contributed by atoms with Gasteiger partial charge in [0.05, 0.1) is 25.7 Å². The van der Waals surface area contributed by atoms with Crippen LogP contribution in [0.25, 0.3) is 0 Å². The molecule has 0 radical (unpaired) electrons. The maximum absolute atomic E-state index is 12.2. The van der Waals surface area contributed by atoms with Gasteiger partial charge in [0, 0.05) is 0 Å². The van der Waals surface area contributed by atoms with E-state index < -0.39 is 7.26 Å². The Morgan fingerprint density at radius 1 is 0.444 bits per heavy atom. The van der Waals surface area contributed by atoms with Gasteiger partial charge in [-0.1, -0.05) is 97.8 Å². The standard InChI is InChI=1S/C25H52OP/c1-4-7-10-13-16-19-22-27(25-26,23-20-17-14-11-8-5-2)24-21-18-15-12-9-6-3/h25H,4-24H2,1-3H3/q+1. The van der Waals surface area contributed by atoms with Crippen LogP contribution in [0.15, 0.2) is 0 Å². The molecule has 0 unspecified atom stereocenters. The van der Waals surface area contributed by atoms with E-state index in [0.717, 1.165) is 0 Å². The number of hydrogen-bond acceptors (Lipinski definition) is 1. The SMILES string of the molecule is CCCCCCCC[P+](C=O)(CCCCCCCC)CCCCCCCC. The van der Waals surface area contributed by atoms with E-state index in [1.165, 1.54) is 140 Å². The normalized spacial score (nSPS) is 11.8. The summed E-state index contributed by atoms with van der Waals surface area (Å²) >= 11 is 0. The summed E-state index contributed by atoms with van der Waals surface area (Å²) in [4.78, 5) is 12.2. The first-order chi connectivity index (χ1) is 13.2. The van der Waals surface area contributed by atoms with Gasteiger partial charge in [-0.25, -0.2) is 0 Å². The number of rotatable bonds is 22. The van der Waals surface area contributed by atoms with Crippen molar-refractivity contribution in [1.82, 2.24) is 0 Å². The Morgan fingerprint density at radius 2 is 0.704 bits per heavy atom. The van der Waals surface area contributed by atoms with Gasteiger partial charge in [0.1, 0.15) is 0 Å². The topological polar surface area (TPSA) is 17.1 Å². The lowest BCUT2D eigenvalue weighted by Crippen LogP contribution is -2.10. The molecule has 0 heterocycles. The van der Waals surface area contributed by atoms with E-state index in [-0.39, 0.29) is 0 Å². The van der Waals surface area contributed by atoms with E-state index in [0.29, 0.717) is 0 Å². The minimum absolute atomic E-state index is 1.26. The molecule has 0 spiro atoms. The van der Waals surface area contributed by atoms with Crippen LogP contribution in [0.3, 0.4) is 0 Å². The highest BCUT2D eigenvalue weighted by atomic mass is 31.2. The molecule has 0 aromatic carbocycles. The number of unbranched alkanes of at least 4 members (excludes halogenated alkanes) is 15. The predicted molar refractivity (Wildman–Crippen MR) is 128 cm³/mol. The minimum atomic E-state index is -1.32. The maximum atomic E-state index is 12.2. The summed E-state index contributed by atoms with van der Waals surface area (Å²) < 4.78 is 0. The first-order valence-corrected chi connectivity index (χ1v) is 15.0. The van der Waals surface area contributed by atoms with Crippen LogP contribution in [-0.4, -0.2) is 24.5 Å². The Kier molecular flexibility index (Phi) is 20.9. The molecule has 0 aliphatic heterocycles. The van der Waals surface area contributed by atoms with Crippen molar-refractivity contribution in [3.05, 3.63) is 0 Å². The summed E-state index contributed by atoms with van der Waals surface area (Å²) in [6.45, 7) is 6.85. The highest BCUT2D eigenvalue weighted by Gasteiger charge is 2.35. The van der Waals surface area contributed by atoms with Crippen LogP contribution in [0.2, 0.25) is 0 Å². The van der Waals surface area contributed by atoms with Gasteiger partial charge in [-0.15, -0.1) is 0 Å². The van der Waals surface area contributed by atoms with Gasteiger partial charge in [0.2, 0.25) is 0 Å². The molecule has 0 rings (SSSR count).